The zero-order valence-electron chi connectivity index (χ0n) is 43.9. The first-order chi connectivity index (χ1) is 32.5. The molecule has 0 aromatic heterocycles. The number of carbonyl (C=O) groups excluding carboxylic acids is 2. The molecule has 0 aliphatic rings. The number of hydrogen-bond acceptors (Lipinski definition) is 5. The molecule has 0 saturated carbocycles. The van der Waals surface area contributed by atoms with Gasteiger partial charge in [0.05, 0.1) is 25.4 Å². The third-order valence-electron chi connectivity index (χ3n) is 13.1. The van der Waals surface area contributed by atoms with Crippen LogP contribution in [0.25, 0.3) is 0 Å². The summed E-state index contributed by atoms with van der Waals surface area (Å²) in [5.41, 5.74) is 0. The smallest absolute Gasteiger partial charge is 0.305 e. The largest absolute Gasteiger partial charge is 0.466 e. The number of aliphatic hydroxyl groups excluding tert-OH is 2. The summed E-state index contributed by atoms with van der Waals surface area (Å²) >= 11 is 0. The summed E-state index contributed by atoms with van der Waals surface area (Å²) in [6.45, 7) is 4.85. The minimum Gasteiger partial charge on any atom is -0.466 e. The van der Waals surface area contributed by atoms with Crippen molar-refractivity contribution >= 4 is 11.9 Å². The Kier molecular flexibility index (Phi) is 53.6. The molecule has 0 heterocycles. The lowest BCUT2D eigenvalue weighted by Gasteiger charge is -2.20. The fraction of sp³-hybridized carbons (Fsp3) is 0.833. The average Bonchev–Trinajstić information content (AvgIpc) is 3.32. The fourth-order valence-electron chi connectivity index (χ4n) is 8.60. The topological polar surface area (TPSA) is 95.9 Å². The van der Waals surface area contributed by atoms with Crippen molar-refractivity contribution in [2.24, 2.45) is 0 Å². The monoisotopic (exact) mass is 926 g/mol. The Morgan fingerprint density at radius 3 is 1.18 bits per heavy atom. The van der Waals surface area contributed by atoms with Crippen molar-refractivity contribution in [1.29, 1.82) is 0 Å². The van der Waals surface area contributed by atoms with Gasteiger partial charge < -0.3 is 20.3 Å². The van der Waals surface area contributed by atoms with E-state index in [1.165, 1.54) is 218 Å². The summed E-state index contributed by atoms with van der Waals surface area (Å²) in [5.74, 6) is -0.0782. The lowest BCUT2D eigenvalue weighted by Crippen LogP contribution is -2.45. The molecule has 0 aliphatic heterocycles. The minimum atomic E-state index is -0.845. The van der Waals surface area contributed by atoms with Gasteiger partial charge in [-0.3, -0.25) is 9.59 Å². The summed E-state index contributed by atoms with van der Waals surface area (Å²) in [4.78, 5) is 24.4. The molecule has 0 fully saturated rings. The lowest BCUT2D eigenvalue weighted by atomic mass is 10.0. The van der Waals surface area contributed by atoms with E-state index in [0.29, 0.717) is 19.4 Å². The molecular weight excluding hydrogens is 815 g/mol. The van der Waals surface area contributed by atoms with Crippen molar-refractivity contribution < 1.29 is 24.5 Å². The maximum Gasteiger partial charge on any atom is 0.305 e. The number of esters is 1. The van der Waals surface area contributed by atoms with Crippen LogP contribution in [0.3, 0.4) is 0 Å². The highest BCUT2D eigenvalue weighted by Gasteiger charge is 2.18. The summed E-state index contributed by atoms with van der Waals surface area (Å²) < 4.78 is 5.48. The summed E-state index contributed by atoms with van der Waals surface area (Å²) in [5, 5.41) is 22.9. The van der Waals surface area contributed by atoms with Gasteiger partial charge in [0, 0.05) is 12.8 Å². The van der Waals surface area contributed by atoms with Gasteiger partial charge in [0.25, 0.3) is 0 Å². The van der Waals surface area contributed by atoms with Crippen LogP contribution in [0.15, 0.2) is 48.6 Å². The van der Waals surface area contributed by atoms with E-state index in [1.807, 2.05) is 6.08 Å². The van der Waals surface area contributed by atoms with Crippen molar-refractivity contribution in [3.8, 4) is 0 Å². The number of unbranched alkanes of at least 4 members (excludes halogenated alkanes) is 36. The van der Waals surface area contributed by atoms with Gasteiger partial charge in [0.1, 0.15) is 0 Å². The van der Waals surface area contributed by atoms with Crippen LogP contribution in [0.4, 0.5) is 0 Å². The lowest BCUT2D eigenvalue weighted by molar-refractivity contribution is -0.143. The Hall–Kier alpha value is -2.18. The van der Waals surface area contributed by atoms with Gasteiger partial charge in [-0.15, -0.1) is 0 Å². The minimum absolute atomic E-state index is 0.00218. The molecule has 0 aromatic rings. The highest BCUT2D eigenvalue weighted by atomic mass is 16.5. The number of carbonyl (C=O) groups is 2. The molecule has 6 nitrogen and oxygen atoms in total. The molecule has 2 atom stereocenters. The highest BCUT2D eigenvalue weighted by molar-refractivity contribution is 5.76. The molecule has 6 heteroatoms. The Bertz CT molecular complexity index is 1110. The average molecular weight is 927 g/mol. The highest BCUT2D eigenvalue weighted by Crippen LogP contribution is 2.16. The second kappa shape index (κ2) is 55.4. The maximum atomic E-state index is 12.4. The van der Waals surface area contributed by atoms with Crippen molar-refractivity contribution in [2.75, 3.05) is 13.2 Å². The van der Waals surface area contributed by atoms with E-state index in [4.69, 9.17) is 4.74 Å². The molecule has 3 N–H and O–H groups in total. The van der Waals surface area contributed by atoms with E-state index in [9.17, 15) is 19.8 Å². The molecule has 0 spiro atoms. The van der Waals surface area contributed by atoms with Crippen LogP contribution in [-0.2, 0) is 14.3 Å². The van der Waals surface area contributed by atoms with Crippen LogP contribution >= 0.6 is 0 Å². The second-order valence-corrected chi connectivity index (χ2v) is 19.6. The number of nitrogens with one attached hydrogen (secondary N) is 1. The molecule has 66 heavy (non-hydrogen) atoms. The van der Waals surface area contributed by atoms with Gasteiger partial charge in [-0.25, -0.2) is 0 Å². The molecule has 0 bridgehead atoms. The van der Waals surface area contributed by atoms with Crippen LogP contribution in [0.1, 0.15) is 296 Å². The third kappa shape index (κ3) is 51.2. The molecule has 2 unspecified atom stereocenters. The maximum absolute atomic E-state index is 12.4. The standard InChI is InChI=1S/C60H111NO5/c1-3-5-7-9-11-13-14-15-16-28-31-34-38-42-46-50-54-60(65)66-55-51-47-43-39-35-32-29-26-24-22-20-18-17-19-21-23-25-27-30-33-37-41-45-49-53-59(64)61-57(56-62)58(63)52-48-44-40-36-12-10-8-6-4-2/h13-14,16,19,21,28,48,52,57-58,62-63H,3-12,15,17-18,20,22-27,29-47,49-51,53-56H2,1-2H3,(H,61,64)/b14-13-,21-19-,28-16-,52-48+. The molecule has 0 rings (SSSR count). The Morgan fingerprint density at radius 2 is 0.758 bits per heavy atom. The van der Waals surface area contributed by atoms with Crippen molar-refractivity contribution in [3.05, 3.63) is 48.6 Å². The summed E-state index contributed by atoms with van der Waals surface area (Å²) in [6, 6.07) is -0.630. The number of aliphatic hydroxyl groups is 2. The van der Waals surface area contributed by atoms with Crippen molar-refractivity contribution in [2.45, 2.75) is 309 Å². The van der Waals surface area contributed by atoms with E-state index < -0.39 is 12.1 Å². The molecule has 0 saturated heterocycles. The molecule has 0 aliphatic carbocycles. The molecule has 0 aromatic carbocycles. The normalized spacial score (nSPS) is 13.0. The van der Waals surface area contributed by atoms with Crippen molar-refractivity contribution in [1.82, 2.24) is 5.32 Å². The first-order valence-electron chi connectivity index (χ1n) is 28.9. The zero-order chi connectivity index (χ0) is 47.9. The SMILES string of the molecule is CCCCCC/C=C\C/C=C\CCCCCCCC(=O)OCCCCCCCCCCCCCC/C=C\CCCCCCCCCCC(=O)NC(CO)C(O)/C=C/CCCCCCCCC. The van der Waals surface area contributed by atoms with Crippen LogP contribution in [0, 0.1) is 0 Å². The van der Waals surface area contributed by atoms with Gasteiger partial charge in [-0.2, -0.15) is 0 Å². The van der Waals surface area contributed by atoms with Gasteiger partial charge in [0.15, 0.2) is 0 Å². The van der Waals surface area contributed by atoms with Crippen LogP contribution < -0.4 is 5.32 Å². The predicted octanol–water partition coefficient (Wildman–Crippen LogP) is 17.8. The zero-order valence-corrected chi connectivity index (χ0v) is 43.9. The second-order valence-electron chi connectivity index (χ2n) is 19.6. The Labute approximate surface area is 410 Å². The van der Waals surface area contributed by atoms with E-state index in [1.54, 1.807) is 6.08 Å². The van der Waals surface area contributed by atoms with Crippen LogP contribution in [0.5, 0.6) is 0 Å². The fourth-order valence-corrected chi connectivity index (χ4v) is 8.60. The first-order valence-corrected chi connectivity index (χ1v) is 28.9. The van der Waals surface area contributed by atoms with Gasteiger partial charge >= 0.3 is 5.97 Å². The summed E-state index contributed by atoms with van der Waals surface area (Å²) in [7, 11) is 0. The van der Waals surface area contributed by atoms with Gasteiger partial charge in [0.2, 0.25) is 5.91 Å². The van der Waals surface area contributed by atoms with Crippen LogP contribution in [-0.4, -0.2) is 47.4 Å². The first kappa shape index (κ1) is 63.8. The number of ether oxygens (including phenoxy) is 1. The number of hydrogen-bond donors (Lipinski definition) is 3. The quantitative estimate of drug-likeness (QED) is 0.0321. The summed E-state index contributed by atoms with van der Waals surface area (Å²) in [6.07, 6.45) is 70.0. The van der Waals surface area contributed by atoms with E-state index in [-0.39, 0.29) is 18.5 Å². The molecular formula is C60H111NO5. The third-order valence-corrected chi connectivity index (χ3v) is 13.1. The number of allylic oxidation sites excluding steroid dienone is 7. The van der Waals surface area contributed by atoms with Crippen molar-refractivity contribution in [3.63, 3.8) is 0 Å². The van der Waals surface area contributed by atoms with Gasteiger partial charge in [-0.1, -0.05) is 242 Å². The van der Waals surface area contributed by atoms with Crippen LogP contribution in [0.2, 0.25) is 0 Å². The van der Waals surface area contributed by atoms with Gasteiger partial charge in [-0.05, 0) is 89.9 Å². The van der Waals surface area contributed by atoms with E-state index in [0.717, 1.165) is 51.4 Å². The van der Waals surface area contributed by atoms with E-state index in [2.05, 4.69) is 55.6 Å². The Balaban J connectivity index is 3.40. The number of amides is 1. The predicted molar refractivity (Wildman–Crippen MR) is 287 cm³/mol. The number of rotatable bonds is 53. The molecule has 386 valence electrons. The Morgan fingerprint density at radius 1 is 0.424 bits per heavy atom. The molecule has 0 radical (unpaired) electrons. The molecule has 1 amide bonds. The van der Waals surface area contributed by atoms with E-state index >= 15 is 0 Å².